The number of carbonyl (C=O) groups excluding carboxylic acids is 3. The minimum atomic E-state index is -1.96. The molecule has 1 aliphatic heterocycles. The maximum atomic E-state index is 12.6. The van der Waals surface area contributed by atoms with Crippen LogP contribution in [0, 0.1) is 11.3 Å². The number of ether oxygens (including phenoxy) is 3. The SMILES string of the molecule is COCCC1(Oc2ccc(Oc3ccc(-c4noc(-c5cccc(C#N)c5)n4)cc3)cc2)C(=O)NC(=O)NC1=O. The van der Waals surface area contributed by atoms with E-state index in [2.05, 4.69) is 26.8 Å². The van der Waals surface area contributed by atoms with E-state index in [0.29, 0.717) is 39.9 Å². The summed E-state index contributed by atoms with van der Waals surface area (Å²) in [6.45, 7) is 0.0474. The number of urea groups is 1. The number of benzene rings is 3. The van der Waals surface area contributed by atoms with Crippen molar-refractivity contribution in [1.29, 1.82) is 5.26 Å². The first-order chi connectivity index (χ1) is 19.4. The van der Waals surface area contributed by atoms with Gasteiger partial charge in [-0.2, -0.15) is 10.2 Å². The van der Waals surface area contributed by atoms with E-state index in [4.69, 9.17) is 24.0 Å². The first kappa shape index (κ1) is 26.1. The Morgan fingerprint density at radius 3 is 2.20 bits per heavy atom. The van der Waals surface area contributed by atoms with Gasteiger partial charge >= 0.3 is 6.03 Å². The van der Waals surface area contributed by atoms with Crippen LogP contribution in [-0.4, -0.2) is 47.3 Å². The van der Waals surface area contributed by atoms with Crippen LogP contribution in [0.25, 0.3) is 22.8 Å². The van der Waals surface area contributed by atoms with E-state index >= 15 is 0 Å². The molecule has 4 amide bonds. The van der Waals surface area contributed by atoms with Crippen molar-refractivity contribution in [3.8, 4) is 46.2 Å². The molecule has 3 aromatic carbocycles. The summed E-state index contributed by atoms with van der Waals surface area (Å²) >= 11 is 0. The summed E-state index contributed by atoms with van der Waals surface area (Å²) in [5.74, 6) is 0.152. The van der Waals surface area contributed by atoms with Crippen molar-refractivity contribution in [2.75, 3.05) is 13.7 Å². The first-order valence-corrected chi connectivity index (χ1v) is 12.0. The molecule has 1 aliphatic rings. The highest BCUT2D eigenvalue weighted by molar-refractivity contribution is 6.21. The number of methoxy groups -OCH3 is 1. The number of hydrogen-bond donors (Lipinski definition) is 2. The maximum Gasteiger partial charge on any atom is 0.328 e. The van der Waals surface area contributed by atoms with Crippen LogP contribution in [0.2, 0.25) is 0 Å². The smallest absolute Gasteiger partial charge is 0.328 e. The molecular formula is C28H21N5O7. The molecule has 0 aliphatic carbocycles. The summed E-state index contributed by atoms with van der Waals surface area (Å²) in [6.07, 6.45) is -0.104. The lowest BCUT2D eigenvalue weighted by atomic mass is 9.95. The molecule has 2 heterocycles. The second-order valence-corrected chi connectivity index (χ2v) is 8.62. The van der Waals surface area contributed by atoms with Crippen LogP contribution >= 0.6 is 0 Å². The molecule has 0 bridgehead atoms. The normalized spacial score (nSPS) is 14.2. The van der Waals surface area contributed by atoms with Gasteiger partial charge in [0.1, 0.15) is 17.2 Å². The van der Waals surface area contributed by atoms with Gasteiger partial charge in [0.15, 0.2) is 0 Å². The number of nitriles is 1. The van der Waals surface area contributed by atoms with Gasteiger partial charge in [0.25, 0.3) is 23.3 Å². The third kappa shape index (κ3) is 5.35. The number of nitrogens with zero attached hydrogens (tertiary/aromatic N) is 3. The van der Waals surface area contributed by atoms with E-state index in [1.165, 1.54) is 19.2 Å². The Kier molecular flexibility index (Phi) is 7.21. The molecule has 40 heavy (non-hydrogen) atoms. The molecule has 1 aromatic heterocycles. The molecule has 5 rings (SSSR count). The standard InChI is InChI=1S/C28H21N5O7/c1-37-14-13-28(25(34)31-27(36)32-26(28)35)39-22-11-9-21(10-12-22)38-20-7-5-18(6-8-20)23-30-24(40-33-23)19-4-2-3-17(15-19)16-29/h2-12,15H,13-14H2,1H3,(H2,31,32,34,35,36). The third-order valence-corrected chi connectivity index (χ3v) is 5.97. The van der Waals surface area contributed by atoms with E-state index < -0.39 is 23.4 Å². The van der Waals surface area contributed by atoms with Gasteiger partial charge in [-0.3, -0.25) is 20.2 Å². The zero-order chi connectivity index (χ0) is 28.1. The van der Waals surface area contributed by atoms with Crippen molar-refractivity contribution >= 4 is 17.8 Å². The Morgan fingerprint density at radius 1 is 0.900 bits per heavy atom. The number of barbiturate groups is 1. The average Bonchev–Trinajstić information content (AvgIpc) is 3.46. The lowest BCUT2D eigenvalue weighted by Gasteiger charge is -2.34. The van der Waals surface area contributed by atoms with Crippen LogP contribution in [0.15, 0.2) is 77.3 Å². The zero-order valence-corrected chi connectivity index (χ0v) is 21.0. The van der Waals surface area contributed by atoms with Crippen LogP contribution in [-0.2, 0) is 14.3 Å². The molecule has 1 saturated heterocycles. The lowest BCUT2D eigenvalue weighted by molar-refractivity contribution is -0.153. The van der Waals surface area contributed by atoms with Gasteiger partial charge in [-0.25, -0.2) is 4.79 Å². The summed E-state index contributed by atoms with van der Waals surface area (Å²) in [6, 6.07) is 21.4. The molecule has 0 spiro atoms. The highest BCUT2D eigenvalue weighted by Gasteiger charge is 2.52. The second-order valence-electron chi connectivity index (χ2n) is 8.62. The Labute approximate surface area is 227 Å². The Hall–Kier alpha value is -5.54. The van der Waals surface area contributed by atoms with Crippen molar-refractivity contribution in [1.82, 2.24) is 20.8 Å². The molecule has 12 nitrogen and oxygen atoms in total. The second kappa shape index (κ2) is 11.1. The fourth-order valence-electron chi connectivity index (χ4n) is 3.92. The summed E-state index contributed by atoms with van der Waals surface area (Å²) in [7, 11) is 1.42. The number of hydrogen-bond acceptors (Lipinski definition) is 10. The minimum absolute atomic E-state index is 0.0474. The van der Waals surface area contributed by atoms with Gasteiger partial charge < -0.3 is 18.7 Å². The monoisotopic (exact) mass is 539 g/mol. The Morgan fingerprint density at radius 2 is 1.55 bits per heavy atom. The molecule has 4 aromatic rings. The van der Waals surface area contributed by atoms with Gasteiger partial charge in [-0.1, -0.05) is 11.2 Å². The summed E-state index contributed by atoms with van der Waals surface area (Å²) < 4.78 is 22.0. The number of imide groups is 2. The lowest BCUT2D eigenvalue weighted by Crippen LogP contribution is -2.69. The fraction of sp³-hybridized carbons (Fsp3) is 0.143. The van der Waals surface area contributed by atoms with Gasteiger partial charge in [-0.15, -0.1) is 0 Å². The molecule has 2 N–H and O–H groups in total. The van der Waals surface area contributed by atoms with Gasteiger partial charge in [-0.05, 0) is 66.7 Å². The topological polar surface area (TPSA) is 166 Å². The molecule has 200 valence electrons. The average molecular weight is 540 g/mol. The number of nitrogens with one attached hydrogen (secondary N) is 2. The molecule has 0 radical (unpaired) electrons. The van der Waals surface area contributed by atoms with Crippen LogP contribution in [0.1, 0.15) is 12.0 Å². The minimum Gasteiger partial charge on any atom is -0.467 e. The number of rotatable bonds is 9. The summed E-state index contributed by atoms with van der Waals surface area (Å²) in [4.78, 5) is 41.0. The quantitative estimate of drug-likeness (QED) is 0.300. The Bertz CT molecular complexity index is 1590. The van der Waals surface area contributed by atoms with Crippen LogP contribution in [0.5, 0.6) is 17.2 Å². The van der Waals surface area contributed by atoms with Gasteiger partial charge in [0.05, 0.1) is 18.2 Å². The van der Waals surface area contributed by atoms with Crippen molar-refractivity contribution in [2.24, 2.45) is 0 Å². The number of carbonyl (C=O) groups is 3. The van der Waals surface area contributed by atoms with Gasteiger partial charge in [0.2, 0.25) is 5.82 Å². The van der Waals surface area contributed by atoms with Crippen molar-refractivity contribution in [3.63, 3.8) is 0 Å². The summed E-state index contributed by atoms with van der Waals surface area (Å²) in [5.41, 5.74) is -0.125. The number of amides is 4. The van der Waals surface area contributed by atoms with Crippen LogP contribution < -0.4 is 20.1 Å². The van der Waals surface area contributed by atoms with Crippen LogP contribution in [0.3, 0.4) is 0 Å². The van der Waals surface area contributed by atoms with E-state index in [1.807, 2.05) is 0 Å². The predicted molar refractivity (Wildman–Crippen MR) is 138 cm³/mol. The molecule has 0 saturated carbocycles. The van der Waals surface area contributed by atoms with E-state index in [9.17, 15) is 14.4 Å². The third-order valence-electron chi connectivity index (χ3n) is 5.97. The van der Waals surface area contributed by atoms with E-state index in [0.717, 1.165) is 0 Å². The van der Waals surface area contributed by atoms with Gasteiger partial charge in [0, 0.05) is 24.7 Å². The molecule has 0 atom stereocenters. The van der Waals surface area contributed by atoms with Crippen molar-refractivity contribution in [2.45, 2.75) is 12.0 Å². The van der Waals surface area contributed by atoms with E-state index in [1.54, 1.807) is 60.7 Å². The first-order valence-electron chi connectivity index (χ1n) is 12.0. The molecule has 0 unspecified atom stereocenters. The highest BCUT2D eigenvalue weighted by Crippen LogP contribution is 2.30. The maximum absolute atomic E-state index is 12.6. The predicted octanol–water partition coefficient (Wildman–Crippen LogP) is 3.59. The zero-order valence-electron chi connectivity index (χ0n) is 21.0. The largest absolute Gasteiger partial charge is 0.467 e. The molecule has 12 heteroatoms. The number of aromatic nitrogens is 2. The molecular weight excluding hydrogens is 518 g/mol. The summed E-state index contributed by atoms with van der Waals surface area (Å²) in [5, 5.41) is 17.2. The van der Waals surface area contributed by atoms with Crippen molar-refractivity contribution in [3.05, 3.63) is 78.4 Å². The van der Waals surface area contributed by atoms with Crippen molar-refractivity contribution < 1.29 is 33.1 Å². The Balaban J connectivity index is 1.26. The molecule has 1 fully saturated rings. The van der Waals surface area contributed by atoms with E-state index in [-0.39, 0.29) is 18.8 Å². The van der Waals surface area contributed by atoms with Crippen LogP contribution in [0.4, 0.5) is 4.79 Å². The fourth-order valence-corrected chi connectivity index (χ4v) is 3.92. The highest BCUT2D eigenvalue weighted by atomic mass is 16.5.